The van der Waals surface area contributed by atoms with E-state index < -0.39 is 11.8 Å². The largest absolute Gasteiger partial charge is 0.493 e. The van der Waals surface area contributed by atoms with Crippen molar-refractivity contribution in [3.8, 4) is 34.5 Å². The topological polar surface area (TPSA) is 61.8 Å². The molecule has 0 spiro atoms. The molecule has 1 atom stereocenters. The molecule has 0 unspecified atom stereocenters. The number of carbonyl (C=O) groups is 2. The molecule has 3 rings (SSSR count). The van der Waals surface area contributed by atoms with E-state index in [0.29, 0.717) is 23.7 Å². The second-order valence-corrected chi connectivity index (χ2v) is 13.2. The highest BCUT2D eigenvalue weighted by molar-refractivity contribution is 5.91. The van der Waals surface area contributed by atoms with Crippen LogP contribution in [-0.2, 0) is 9.53 Å². The van der Waals surface area contributed by atoms with E-state index in [-0.39, 0.29) is 17.6 Å². The molecule has 5 nitrogen and oxygen atoms in total. The number of carbonyl (C=O) groups excluding carboxylic acids is 2. The van der Waals surface area contributed by atoms with Gasteiger partial charge in [0.1, 0.15) is 17.3 Å². The number of halogens is 1. The van der Waals surface area contributed by atoms with Crippen LogP contribution in [0.2, 0.25) is 0 Å². The normalized spacial score (nSPS) is 11.4. The minimum atomic E-state index is -0.785. The fourth-order valence-electron chi connectivity index (χ4n) is 5.75. The van der Waals surface area contributed by atoms with Crippen LogP contribution in [0.15, 0.2) is 66.7 Å². The number of benzene rings is 3. The number of ether oxygens (including phenoxy) is 3. The van der Waals surface area contributed by atoms with E-state index >= 15 is 0 Å². The maximum Gasteiger partial charge on any atom is 0.390 e. The molecule has 0 aliphatic heterocycles. The van der Waals surface area contributed by atoms with E-state index in [9.17, 15) is 14.0 Å². The lowest BCUT2D eigenvalue weighted by Crippen LogP contribution is -2.15. The fourth-order valence-corrected chi connectivity index (χ4v) is 5.75. The van der Waals surface area contributed by atoms with Gasteiger partial charge in [-0.25, -0.2) is 14.0 Å². The predicted octanol–water partition coefficient (Wildman–Crippen LogP) is 12.0. The van der Waals surface area contributed by atoms with Crippen molar-refractivity contribution >= 4 is 11.9 Å². The van der Waals surface area contributed by atoms with Crippen molar-refractivity contribution in [1.82, 2.24) is 0 Å². The Bertz CT molecular complexity index is 1470. The predicted molar refractivity (Wildman–Crippen MR) is 201 cm³/mol. The summed E-state index contributed by atoms with van der Waals surface area (Å²) < 4.78 is 31.3. The van der Waals surface area contributed by atoms with Gasteiger partial charge in [-0.3, -0.25) is 0 Å². The van der Waals surface area contributed by atoms with E-state index in [1.807, 2.05) is 31.2 Å². The van der Waals surface area contributed by atoms with Gasteiger partial charge in [-0.05, 0) is 73.7 Å². The van der Waals surface area contributed by atoms with Crippen LogP contribution < -0.4 is 9.47 Å². The van der Waals surface area contributed by atoms with E-state index in [1.165, 1.54) is 89.2 Å². The molecule has 0 saturated carbocycles. The van der Waals surface area contributed by atoms with Gasteiger partial charge in [-0.1, -0.05) is 134 Å². The first-order valence-corrected chi connectivity index (χ1v) is 19.0. The van der Waals surface area contributed by atoms with Crippen LogP contribution in [-0.4, -0.2) is 24.6 Å². The van der Waals surface area contributed by atoms with Crippen molar-refractivity contribution < 1.29 is 28.2 Å². The molecule has 270 valence electrons. The average Bonchev–Trinajstić information content (AvgIpc) is 3.12. The highest BCUT2D eigenvalue weighted by Crippen LogP contribution is 2.24. The van der Waals surface area contributed by atoms with Crippen molar-refractivity contribution in [2.75, 3.05) is 6.61 Å². The molecule has 3 aromatic carbocycles. The van der Waals surface area contributed by atoms with Crippen molar-refractivity contribution in [2.45, 2.75) is 136 Å². The monoisotopic (exact) mass is 684 g/mol. The molecule has 0 aliphatic carbocycles. The summed E-state index contributed by atoms with van der Waals surface area (Å²) in [6.45, 7) is 6.91. The Morgan fingerprint density at radius 2 is 1.18 bits per heavy atom. The van der Waals surface area contributed by atoms with Crippen LogP contribution in [0.4, 0.5) is 4.39 Å². The first-order chi connectivity index (χ1) is 24.4. The fraction of sp³-hybridized carbons (Fsp3) is 0.500. The van der Waals surface area contributed by atoms with E-state index in [2.05, 4.69) is 25.7 Å². The second-order valence-electron chi connectivity index (χ2n) is 13.2. The lowest BCUT2D eigenvalue weighted by atomic mass is 10.0. The Morgan fingerprint density at radius 1 is 0.660 bits per heavy atom. The Kier molecular flexibility index (Phi) is 19.4. The van der Waals surface area contributed by atoms with Gasteiger partial charge < -0.3 is 14.2 Å². The highest BCUT2D eigenvalue weighted by Gasteiger charge is 2.12. The smallest absolute Gasteiger partial charge is 0.390 e. The summed E-state index contributed by atoms with van der Waals surface area (Å²) in [5, 5.41) is 0. The quantitative estimate of drug-likeness (QED) is 0.0430. The first kappa shape index (κ1) is 40.3. The summed E-state index contributed by atoms with van der Waals surface area (Å²) in [4.78, 5) is 24.9. The minimum Gasteiger partial charge on any atom is -0.493 e. The molecule has 6 heteroatoms. The van der Waals surface area contributed by atoms with Gasteiger partial charge in [0.2, 0.25) is 0 Å². The molecule has 0 amide bonds. The third-order valence-corrected chi connectivity index (χ3v) is 8.80. The SMILES string of the molecule is CCCCCCCCCCCCCCOc1ccc(C#CC(=O)Oc2ccc(-c3ccc(C(=O)O[C@@H](C)CCCCCC)cc3)cc2)c(F)c1. The van der Waals surface area contributed by atoms with Crippen LogP contribution in [0.1, 0.15) is 146 Å². The number of hydrogen-bond donors (Lipinski definition) is 0. The molecular formula is C44H57FO5. The van der Waals surface area contributed by atoms with E-state index in [4.69, 9.17) is 14.2 Å². The molecule has 3 aromatic rings. The summed E-state index contributed by atoms with van der Waals surface area (Å²) in [5.74, 6) is 4.05. The van der Waals surface area contributed by atoms with Crippen LogP contribution in [0.25, 0.3) is 11.1 Å². The van der Waals surface area contributed by atoms with Gasteiger partial charge in [0.05, 0.1) is 23.8 Å². The summed E-state index contributed by atoms with van der Waals surface area (Å²) in [6.07, 6.45) is 20.6. The summed E-state index contributed by atoms with van der Waals surface area (Å²) in [5.41, 5.74) is 2.41. The number of unbranched alkanes of at least 4 members (excludes halogenated alkanes) is 14. The maximum atomic E-state index is 14.6. The molecule has 0 saturated heterocycles. The van der Waals surface area contributed by atoms with Crippen molar-refractivity contribution in [3.63, 3.8) is 0 Å². The minimum absolute atomic E-state index is 0.101. The average molecular weight is 685 g/mol. The van der Waals surface area contributed by atoms with Gasteiger partial charge in [-0.2, -0.15) is 0 Å². The Labute approximate surface area is 300 Å². The maximum absolute atomic E-state index is 14.6. The van der Waals surface area contributed by atoms with Crippen LogP contribution in [0, 0.1) is 17.7 Å². The Hall–Kier alpha value is -4.11. The third kappa shape index (κ3) is 16.1. The van der Waals surface area contributed by atoms with Crippen LogP contribution >= 0.6 is 0 Å². The number of esters is 2. The lowest BCUT2D eigenvalue weighted by molar-refractivity contribution is -0.128. The molecule has 50 heavy (non-hydrogen) atoms. The van der Waals surface area contributed by atoms with Crippen molar-refractivity contribution in [1.29, 1.82) is 0 Å². The van der Waals surface area contributed by atoms with E-state index in [0.717, 1.165) is 43.2 Å². The zero-order chi connectivity index (χ0) is 35.8. The lowest BCUT2D eigenvalue weighted by Gasteiger charge is -2.13. The number of rotatable bonds is 23. The van der Waals surface area contributed by atoms with Gasteiger partial charge in [0.15, 0.2) is 0 Å². The zero-order valence-electron chi connectivity index (χ0n) is 30.6. The summed E-state index contributed by atoms with van der Waals surface area (Å²) >= 11 is 0. The van der Waals surface area contributed by atoms with Gasteiger partial charge >= 0.3 is 11.9 Å². The van der Waals surface area contributed by atoms with Gasteiger partial charge in [0, 0.05) is 12.0 Å². The van der Waals surface area contributed by atoms with Crippen molar-refractivity contribution in [2.24, 2.45) is 0 Å². The standard InChI is InChI=1S/C44H57FO5/c1-4-6-8-10-11-12-13-14-15-16-17-19-33-48-41-31-27-38(42(45)34-41)28-32-43(46)50-40-29-25-37(26-30-40)36-21-23-39(24-22-36)44(47)49-35(3)20-18-9-7-5-2/h21-27,29-31,34-35H,4-20,33H2,1-3H3/t35-/m0/s1. The van der Waals surface area contributed by atoms with Crippen LogP contribution in [0.5, 0.6) is 11.5 Å². The van der Waals surface area contributed by atoms with Crippen molar-refractivity contribution in [3.05, 3.63) is 83.7 Å². The Balaban J connectivity index is 1.35. The first-order valence-electron chi connectivity index (χ1n) is 19.0. The van der Waals surface area contributed by atoms with Gasteiger partial charge in [-0.15, -0.1) is 0 Å². The molecule has 0 N–H and O–H groups in total. The molecule has 0 heterocycles. The molecule has 0 radical (unpaired) electrons. The molecule has 0 aliphatic rings. The Morgan fingerprint density at radius 3 is 1.76 bits per heavy atom. The molecule has 0 fully saturated rings. The molecule has 0 aromatic heterocycles. The zero-order valence-corrected chi connectivity index (χ0v) is 30.6. The van der Waals surface area contributed by atoms with Gasteiger partial charge in [0.25, 0.3) is 0 Å². The molecule has 0 bridgehead atoms. The molecular weight excluding hydrogens is 627 g/mol. The third-order valence-electron chi connectivity index (χ3n) is 8.80. The summed E-state index contributed by atoms with van der Waals surface area (Å²) in [6, 6.07) is 18.7. The summed E-state index contributed by atoms with van der Waals surface area (Å²) in [7, 11) is 0. The number of hydrogen-bond acceptors (Lipinski definition) is 5. The van der Waals surface area contributed by atoms with Crippen LogP contribution in [0.3, 0.4) is 0 Å². The van der Waals surface area contributed by atoms with E-state index in [1.54, 1.807) is 30.3 Å². The highest BCUT2D eigenvalue weighted by atomic mass is 19.1. The second kappa shape index (κ2) is 24.1.